The van der Waals surface area contributed by atoms with E-state index in [-0.39, 0.29) is 5.75 Å². The largest absolute Gasteiger partial charge is 0.478 e. The second-order valence-corrected chi connectivity index (χ2v) is 5.00. The number of carboxylic acids is 1. The minimum atomic E-state index is -1.41. The number of carbonyl (C=O) groups is 1. The van der Waals surface area contributed by atoms with Crippen LogP contribution < -0.4 is 4.74 Å². The monoisotopic (exact) mass is 342 g/mol. The van der Waals surface area contributed by atoms with Crippen molar-refractivity contribution in [2.75, 3.05) is 0 Å². The van der Waals surface area contributed by atoms with Gasteiger partial charge in [-0.15, -0.1) is 0 Å². The standard InChI is InChI=1S/C14H9BrF2O3/c1-7-4-9(15)2-3-12(7)20-13-10(16)5-8(14(18)19)6-11(13)17/h2-6H,1H3,(H,18,19). The van der Waals surface area contributed by atoms with E-state index < -0.39 is 28.9 Å². The van der Waals surface area contributed by atoms with Crippen LogP contribution in [0, 0.1) is 18.6 Å². The summed E-state index contributed by atoms with van der Waals surface area (Å²) >= 11 is 3.27. The molecule has 3 nitrogen and oxygen atoms in total. The van der Waals surface area contributed by atoms with Crippen molar-refractivity contribution in [2.24, 2.45) is 0 Å². The van der Waals surface area contributed by atoms with Gasteiger partial charge in [-0.3, -0.25) is 0 Å². The number of aryl methyl sites for hydroxylation is 1. The van der Waals surface area contributed by atoms with E-state index in [0.717, 1.165) is 16.6 Å². The molecule has 0 fully saturated rings. The van der Waals surface area contributed by atoms with Crippen LogP contribution in [0.25, 0.3) is 0 Å². The molecule has 2 rings (SSSR count). The molecule has 0 spiro atoms. The lowest BCUT2D eigenvalue weighted by molar-refractivity contribution is 0.0695. The Balaban J connectivity index is 2.41. The Hall–Kier alpha value is -1.95. The highest BCUT2D eigenvalue weighted by molar-refractivity contribution is 9.10. The molecule has 6 heteroatoms. The van der Waals surface area contributed by atoms with Crippen LogP contribution in [0.4, 0.5) is 8.78 Å². The molecule has 0 aromatic heterocycles. The van der Waals surface area contributed by atoms with Gasteiger partial charge in [0.15, 0.2) is 17.4 Å². The molecule has 2 aromatic rings. The molecule has 1 N–H and O–H groups in total. The van der Waals surface area contributed by atoms with Crippen molar-refractivity contribution in [1.82, 2.24) is 0 Å². The van der Waals surface area contributed by atoms with Crippen LogP contribution in [0.15, 0.2) is 34.8 Å². The van der Waals surface area contributed by atoms with Crippen molar-refractivity contribution in [3.05, 3.63) is 57.6 Å². The third-order valence-electron chi connectivity index (χ3n) is 2.59. The number of hydrogen-bond donors (Lipinski definition) is 1. The average molecular weight is 343 g/mol. The van der Waals surface area contributed by atoms with Crippen molar-refractivity contribution < 1.29 is 23.4 Å². The van der Waals surface area contributed by atoms with Crippen molar-refractivity contribution in [3.63, 3.8) is 0 Å². The van der Waals surface area contributed by atoms with E-state index in [0.29, 0.717) is 5.56 Å². The van der Waals surface area contributed by atoms with Crippen LogP contribution in [0.5, 0.6) is 11.5 Å². The number of halogens is 3. The van der Waals surface area contributed by atoms with E-state index in [2.05, 4.69) is 15.9 Å². The minimum absolute atomic E-state index is 0.286. The summed E-state index contributed by atoms with van der Waals surface area (Å²) in [7, 11) is 0. The summed E-state index contributed by atoms with van der Waals surface area (Å²) in [5, 5.41) is 8.71. The zero-order valence-electron chi connectivity index (χ0n) is 10.3. The van der Waals surface area contributed by atoms with Gasteiger partial charge in [-0.25, -0.2) is 13.6 Å². The lowest BCUT2D eigenvalue weighted by atomic mass is 10.2. The zero-order valence-corrected chi connectivity index (χ0v) is 11.9. The molecule has 0 atom stereocenters. The van der Waals surface area contributed by atoms with Crippen molar-refractivity contribution in [2.45, 2.75) is 6.92 Å². The maximum absolute atomic E-state index is 13.7. The van der Waals surface area contributed by atoms with Crippen LogP contribution in [-0.4, -0.2) is 11.1 Å². The predicted octanol–water partition coefficient (Wildman–Crippen LogP) is 4.53. The van der Waals surface area contributed by atoms with Gasteiger partial charge in [0, 0.05) is 4.47 Å². The van der Waals surface area contributed by atoms with Gasteiger partial charge in [-0.1, -0.05) is 15.9 Å². The SMILES string of the molecule is Cc1cc(Br)ccc1Oc1c(F)cc(C(=O)O)cc1F. The summed E-state index contributed by atoms with van der Waals surface area (Å²) < 4.78 is 33.5. The zero-order chi connectivity index (χ0) is 14.9. The van der Waals surface area contributed by atoms with Gasteiger partial charge in [0.2, 0.25) is 0 Å². The Morgan fingerprint density at radius 3 is 2.30 bits per heavy atom. The van der Waals surface area contributed by atoms with Gasteiger partial charge in [0.05, 0.1) is 5.56 Å². The molecule has 0 unspecified atom stereocenters. The molecule has 0 aliphatic carbocycles. The number of benzene rings is 2. The third-order valence-corrected chi connectivity index (χ3v) is 3.09. The lowest BCUT2D eigenvalue weighted by Gasteiger charge is -2.11. The Kier molecular flexibility index (Phi) is 4.04. The fourth-order valence-corrected chi connectivity index (χ4v) is 2.09. The summed E-state index contributed by atoms with van der Waals surface area (Å²) in [6, 6.07) is 6.40. The summed E-state index contributed by atoms with van der Waals surface area (Å²) in [4.78, 5) is 10.7. The molecule has 0 amide bonds. The first-order valence-electron chi connectivity index (χ1n) is 5.55. The van der Waals surface area contributed by atoms with Gasteiger partial charge in [-0.2, -0.15) is 0 Å². The molecule has 0 bridgehead atoms. The van der Waals surface area contributed by atoms with Gasteiger partial charge in [0.25, 0.3) is 0 Å². The molecule has 0 radical (unpaired) electrons. The molecule has 0 saturated carbocycles. The quantitative estimate of drug-likeness (QED) is 0.891. The van der Waals surface area contributed by atoms with Crippen LogP contribution in [0.2, 0.25) is 0 Å². The number of rotatable bonds is 3. The molecule has 104 valence electrons. The summed E-state index contributed by atoms with van der Waals surface area (Å²) in [5.74, 6) is -3.88. The number of ether oxygens (including phenoxy) is 1. The average Bonchev–Trinajstić information content (AvgIpc) is 2.35. The first-order chi connectivity index (χ1) is 9.38. The van der Waals surface area contributed by atoms with E-state index in [1.165, 1.54) is 0 Å². The van der Waals surface area contributed by atoms with Crippen LogP contribution >= 0.6 is 15.9 Å². The second kappa shape index (κ2) is 5.58. The number of carboxylic acid groups (broad SMARTS) is 1. The van der Waals surface area contributed by atoms with Crippen molar-refractivity contribution >= 4 is 21.9 Å². The van der Waals surface area contributed by atoms with E-state index >= 15 is 0 Å². The van der Waals surface area contributed by atoms with Gasteiger partial charge in [0.1, 0.15) is 5.75 Å². The molecular weight excluding hydrogens is 334 g/mol. The fraction of sp³-hybridized carbons (Fsp3) is 0.0714. The highest BCUT2D eigenvalue weighted by Crippen LogP contribution is 2.31. The summed E-state index contributed by atoms with van der Waals surface area (Å²) in [6.07, 6.45) is 0. The van der Waals surface area contributed by atoms with E-state index in [1.807, 2.05) is 0 Å². The molecular formula is C14H9BrF2O3. The van der Waals surface area contributed by atoms with E-state index in [1.54, 1.807) is 25.1 Å². The van der Waals surface area contributed by atoms with Crippen molar-refractivity contribution in [1.29, 1.82) is 0 Å². The molecule has 0 aliphatic heterocycles. The normalized spacial score (nSPS) is 10.4. The predicted molar refractivity (Wildman–Crippen MR) is 72.3 cm³/mol. The molecule has 2 aromatic carbocycles. The second-order valence-electron chi connectivity index (χ2n) is 4.09. The molecule has 0 heterocycles. The van der Waals surface area contributed by atoms with Crippen LogP contribution in [-0.2, 0) is 0 Å². The topological polar surface area (TPSA) is 46.5 Å². The maximum Gasteiger partial charge on any atom is 0.335 e. The van der Waals surface area contributed by atoms with Gasteiger partial charge >= 0.3 is 5.97 Å². The summed E-state index contributed by atoms with van der Waals surface area (Å²) in [5.41, 5.74) is 0.209. The lowest BCUT2D eigenvalue weighted by Crippen LogP contribution is -2.01. The Morgan fingerprint density at radius 2 is 1.80 bits per heavy atom. The Morgan fingerprint density at radius 1 is 1.20 bits per heavy atom. The highest BCUT2D eigenvalue weighted by atomic mass is 79.9. The molecule has 0 saturated heterocycles. The first kappa shape index (κ1) is 14.5. The molecule has 20 heavy (non-hydrogen) atoms. The fourth-order valence-electron chi connectivity index (χ4n) is 1.62. The number of hydrogen-bond acceptors (Lipinski definition) is 2. The minimum Gasteiger partial charge on any atom is -0.478 e. The smallest absolute Gasteiger partial charge is 0.335 e. The highest BCUT2D eigenvalue weighted by Gasteiger charge is 2.17. The van der Waals surface area contributed by atoms with E-state index in [4.69, 9.17) is 9.84 Å². The van der Waals surface area contributed by atoms with E-state index in [9.17, 15) is 13.6 Å². The van der Waals surface area contributed by atoms with Crippen molar-refractivity contribution in [3.8, 4) is 11.5 Å². The van der Waals surface area contributed by atoms with Gasteiger partial charge < -0.3 is 9.84 Å². The molecule has 0 aliphatic rings. The Labute approximate surface area is 121 Å². The Bertz CT molecular complexity index is 663. The van der Waals surface area contributed by atoms with Crippen LogP contribution in [0.1, 0.15) is 15.9 Å². The first-order valence-corrected chi connectivity index (χ1v) is 6.34. The van der Waals surface area contributed by atoms with Crippen LogP contribution in [0.3, 0.4) is 0 Å². The maximum atomic E-state index is 13.7. The summed E-state index contributed by atoms with van der Waals surface area (Å²) in [6.45, 7) is 1.72. The third kappa shape index (κ3) is 2.96. The van der Waals surface area contributed by atoms with Gasteiger partial charge in [-0.05, 0) is 42.8 Å². The number of aromatic carboxylic acids is 1.